The smallest absolute Gasteiger partial charge is 0.267 e. The molecule has 1 fully saturated rings. The molecule has 0 spiro atoms. The van der Waals surface area contributed by atoms with Crippen LogP contribution in [0.25, 0.3) is 0 Å². The molecule has 1 aromatic rings. The molecule has 1 aromatic carbocycles. The second-order valence-corrected chi connectivity index (χ2v) is 8.23. The Kier molecular flexibility index (Phi) is 7.25. The zero-order chi connectivity index (χ0) is 23.5. The zero-order valence-corrected chi connectivity index (χ0v) is 19.0. The molecule has 3 amide bonds. The molecule has 2 aliphatic rings. The van der Waals surface area contributed by atoms with Gasteiger partial charge >= 0.3 is 0 Å². The Morgan fingerprint density at radius 2 is 1.78 bits per heavy atom. The molecule has 5 N–H and O–H groups in total. The van der Waals surface area contributed by atoms with Gasteiger partial charge in [0, 0.05) is 25.1 Å². The number of carbonyl (C=O) groups is 3. The van der Waals surface area contributed by atoms with E-state index in [1.54, 1.807) is 12.1 Å². The lowest BCUT2D eigenvalue weighted by atomic mass is 9.69. The van der Waals surface area contributed by atoms with Gasteiger partial charge in [-0.15, -0.1) is 0 Å². The number of aliphatic imine (C=N–C) groups is 1. The minimum absolute atomic E-state index is 0.109. The summed E-state index contributed by atoms with van der Waals surface area (Å²) in [5, 5.41) is 8.75. The lowest BCUT2D eigenvalue weighted by Crippen LogP contribution is -2.65. The van der Waals surface area contributed by atoms with Gasteiger partial charge in [-0.25, -0.2) is 0 Å². The van der Waals surface area contributed by atoms with E-state index in [1.807, 2.05) is 0 Å². The molecule has 1 aliphatic carbocycles. The van der Waals surface area contributed by atoms with Crippen molar-refractivity contribution < 1.29 is 23.9 Å². The fourth-order valence-corrected chi connectivity index (χ4v) is 4.74. The van der Waals surface area contributed by atoms with E-state index < -0.39 is 17.4 Å². The lowest BCUT2D eigenvalue weighted by Gasteiger charge is -2.39. The van der Waals surface area contributed by atoms with Gasteiger partial charge in [-0.3, -0.25) is 24.7 Å². The summed E-state index contributed by atoms with van der Waals surface area (Å²) in [4.78, 5) is 41.8. The van der Waals surface area contributed by atoms with Crippen LogP contribution in [-0.4, -0.2) is 56.9 Å². The summed E-state index contributed by atoms with van der Waals surface area (Å²) in [6.45, 7) is 0.143. The van der Waals surface area contributed by atoms with Crippen molar-refractivity contribution in [3.63, 3.8) is 0 Å². The van der Waals surface area contributed by atoms with Crippen molar-refractivity contribution in [2.45, 2.75) is 31.2 Å². The molecule has 1 saturated carbocycles. The standard InChI is InChI=1S/C21H28ClN5O5/c1-24-19(29)17-21(20(23)30,26-10-25-17)12-6-4-11(5-7-12)18(28)27-14-9-16(32-3)15(31-2)8-13(14)22/h8-9,11-12,26H,4-7,10H2,1-3H3,(H2,23,30)(H,24,29)(H,27,28). The van der Waals surface area contributed by atoms with Gasteiger partial charge < -0.3 is 25.8 Å². The number of methoxy groups -OCH3 is 2. The van der Waals surface area contributed by atoms with Gasteiger partial charge in [0.2, 0.25) is 11.8 Å². The van der Waals surface area contributed by atoms with Crippen molar-refractivity contribution in [1.82, 2.24) is 10.6 Å². The molecule has 0 aromatic heterocycles. The van der Waals surface area contributed by atoms with Crippen molar-refractivity contribution in [3.05, 3.63) is 17.2 Å². The number of hydrogen-bond acceptors (Lipinski definition) is 7. The topological polar surface area (TPSA) is 144 Å². The van der Waals surface area contributed by atoms with Gasteiger partial charge in [-0.2, -0.15) is 0 Å². The van der Waals surface area contributed by atoms with Gasteiger partial charge in [0.05, 0.1) is 31.6 Å². The predicted octanol–water partition coefficient (Wildman–Crippen LogP) is 1.07. The van der Waals surface area contributed by atoms with Crippen LogP contribution in [0.2, 0.25) is 5.02 Å². The summed E-state index contributed by atoms with van der Waals surface area (Å²) >= 11 is 6.28. The first-order chi connectivity index (χ1) is 15.3. The third kappa shape index (κ3) is 4.24. The van der Waals surface area contributed by atoms with Gasteiger partial charge in [0.15, 0.2) is 11.5 Å². The molecule has 32 heavy (non-hydrogen) atoms. The summed E-state index contributed by atoms with van der Waals surface area (Å²) in [6, 6.07) is 3.19. The molecule has 0 saturated heterocycles. The first-order valence-electron chi connectivity index (χ1n) is 10.3. The summed E-state index contributed by atoms with van der Waals surface area (Å²) in [6.07, 6.45) is 2.12. The Labute approximate surface area is 191 Å². The maximum Gasteiger partial charge on any atom is 0.267 e. The van der Waals surface area contributed by atoms with Crippen LogP contribution in [0.15, 0.2) is 17.1 Å². The van der Waals surface area contributed by atoms with Crippen molar-refractivity contribution in [3.8, 4) is 11.5 Å². The van der Waals surface area contributed by atoms with E-state index >= 15 is 0 Å². The van der Waals surface area contributed by atoms with Crippen molar-refractivity contribution >= 4 is 40.7 Å². The van der Waals surface area contributed by atoms with Crippen molar-refractivity contribution in [2.24, 2.45) is 22.6 Å². The largest absolute Gasteiger partial charge is 0.493 e. The number of primary amides is 1. The maximum absolute atomic E-state index is 12.9. The van der Waals surface area contributed by atoms with Crippen LogP contribution in [0.3, 0.4) is 0 Å². The molecule has 0 radical (unpaired) electrons. The zero-order valence-electron chi connectivity index (χ0n) is 18.3. The van der Waals surface area contributed by atoms with Crippen LogP contribution in [0.5, 0.6) is 11.5 Å². The normalized spacial score (nSPS) is 24.9. The Morgan fingerprint density at radius 1 is 1.16 bits per heavy atom. The molecule has 10 nitrogen and oxygen atoms in total. The monoisotopic (exact) mass is 465 g/mol. The summed E-state index contributed by atoms with van der Waals surface area (Å²) < 4.78 is 10.5. The lowest BCUT2D eigenvalue weighted by molar-refractivity contribution is -0.126. The number of ether oxygens (including phenoxy) is 2. The average Bonchev–Trinajstić information content (AvgIpc) is 3.26. The molecular formula is C21H28ClN5O5. The molecule has 1 heterocycles. The van der Waals surface area contributed by atoms with Gasteiger partial charge in [0.1, 0.15) is 11.3 Å². The molecule has 174 valence electrons. The van der Waals surface area contributed by atoms with Gasteiger partial charge in [-0.1, -0.05) is 11.6 Å². The number of hydrogen-bond donors (Lipinski definition) is 4. The highest BCUT2D eigenvalue weighted by atomic mass is 35.5. The SMILES string of the molecule is CNC(=O)C1=NCNC1(C(N)=O)C1CCC(C(=O)Nc2cc(OC)c(OC)cc2Cl)CC1. The number of anilines is 1. The summed E-state index contributed by atoms with van der Waals surface area (Å²) in [7, 11) is 4.49. The number of amides is 3. The Morgan fingerprint density at radius 3 is 2.34 bits per heavy atom. The van der Waals surface area contributed by atoms with Crippen molar-refractivity contribution in [2.75, 3.05) is 33.3 Å². The van der Waals surface area contributed by atoms with E-state index in [2.05, 4.69) is 20.9 Å². The van der Waals surface area contributed by atoms with E-state index in [0.717, 1.165) is 0 Å². The van der Waals surface area contributed by atoms with E-state index in [-0.39, 0.29) is 30.1 Å². The van der Waals surface area contributed by atoms with Crippen LogP contribution < -0.4 is 31.2 Å². The number of rotatable bonds is 7. The van der Waals surface area contributed by atoms with Crippen LogP contribution in [-0.2, 0) is 14.4 Å². The number of nitrogens with one attached hydrogen (secondary N) is 3. The highest BCUT2D eigenvalue weighted by molar-refractivity contribution is 6.47. The second kappa shape index (κ2) is 9.74. The van der Waals surface area contributed by atoms with E-state index in [0.29, 0.717) is 47.9 Å². The highest BCUT2D eigenvalue weighted by Crippen LogP contribution is 2.40. The summed E-state index contributed by atoms with van der Waals surface area (Å²) in [5.74, 6) is -0.850. The molecule has 1 unspecified atom stereocenters. The fraction of sp³-hybridized carbons (Fsp3) is 0.524. The predicted molar refractivity (Wildman–Crippen MR) is 120 cm³/mol. The van der Waals surface area contributed by atoms with E-state index in [1.165, 1.54) is 21.3 Å². The van der Waals surface area contributed by atoms with Crippen LogP contribution in [0.4, 0.5) is 5.69 Å². The Bertz CT molecular complexity index is 945. The van der Waals surface area contributed by atoms with Crippen LogP contribution >= 0.6 is 11.6 Å². The number of nitrogens with zero attached hydrogens (tertiary/aromatic N) is 1. The Hall–Kier alpha value is -2.85. The van der Waals surface area contributed by atoms with E-state index in [4.69, 9.17) is 26.8 Å². The Balaban J connectivity index is 1.70. The molecule has 1 atom stereocenters. The maximum atomic E-state index is 12.9. The number of halogens is 1. The second-order valence-electron chi connectivity index (χ2n) is 7.82. The number of benzene rings is 1. The highest BCUT2D eigenvalue weighted by Gasteiger charge is 2.54. The summed E-state index contributed by atoms with van der Waals surface area (Å²) in [5.41, 5.74) is 4.94. The molecule has 0 bridgehead atoms. The average molecular weight is 466 g/mol. The van der Waals surface area contributed by atoms with Crippen LogP contribution in [0, 0.1) is 11.8 Å². The molecule has 1 aliphatic heterocycles. The first-order valence-corrected chi connectivity index (χ1v) is 10.7. The quantitative estimate of drug-likeness (QED) is 0.474. The molecule has 3 rings (SSSR count). The minimum atomic E-state index is -1.33. The molecular weight excluding hydrogens is 438 g/mol. The van der Waals surface area contributed by atoms with Crippen molar-refractivity contribution in [1.29, 1.82) is 0 Å². The third-order valence-corrected chi connectivity index (χ3v) is 6.55. The third-order valence-electron chi connectivity index (χ3n) is 6.24. The number of carbonyl (C=O) groups excluding carboxylic acids is 3. The minimum Gasteiger partial charge on any atom is -0.493 e. The number of nitrogens with two attached hydrogens (primary N) is 1. The first kappa shape index (κ1) is 23.8. The van der Waals surface area contributed by atoms with Gasteiger partial charge in [-0.05, 0) is 31.6 Å². The van der Waals surface area contributed by atoms with E-state index in [9.17, 15) is 14.4 Å². The van der Waals surface area contributed by atoms with Crippen LogP contribution in [0.1, 0.15) is 25.7 Å². The fourth-order valence-electron chi connectivity index (χ4n) is 4.54. The molecule has 11 heteroatoms. The van der Waals surface area contributed by atoms with Gasteiger partial charge in [0.25, 0.3) is 5.91 Å².